The molecule has 4 rings (SSSR count). The summed E-state index contributed by atoms with van der Waals surface area (Å²) in [4.78, 5) is 34.7. The van der Waals surface area contributed by atoms with Gasteiger partial charge in [-0.25, -0.2) is 9.59 Å². The van der Waals surface area contributed by atoms with Gasteiger partial charge in [-0.3, -0.25) is 4.90 Å². The van der Waals surface area contributed by atoms with E-state index in [1.807, 2.05) is 29.2 Å². The number of urea groups is 1. The highest BCUT2D eigenvalue weighted by Crippen LogP contribution is 2.40. The standard InChI is InChI=1S/C24H32N4O3/c1-24(2)15-28(23(31)27-11-7-8-16(13-27)12-26(3)4)14-18(22(29)30)21-20(24)17-9-5-6-10-19(17)25-21/h5-6,9-10,14,16,25H,7-8,11-13,15H2,1-4H3,(H,29,30)/t16-/m0/s1. The number of carboxylic acid groups (broad SMARTS) is 1. The molecular formula is C24H32N4O3. The minimum Gasteiger partial charge on any atom is -0.478 e. The van der Waals surface area contributed by atoms with Crippen LogP contribution in [-0.2, 0) is 10.2 Å². The molecular weight excluding hydrogens is 392 g/mol. The van der Waals surface area contributed by atoms with Crippen LogP contribution in [-0.4, -0.2) is 77.1 Å². The molecule has 2 aliphatic rings. The predicted octanol–water partition coefficient (Wildman–Crippen LogP) is 3.58. The van der Waals surface area contributed by atoms with Gasteiger partial charge in [-0.05, 0) is 44.5 Å². The van der Waals surface area contributed by atoms with E-state index in [0.717, 1.165) is 35.9 Å². The maximum Gasteiger partial charge on any atom is 0.339 e. The number of fused-ring (bicyclic) bond motifs is 3. The summed E-state index contributed by atoms with van der Waals surface area (Å²) < 4.78 is 0. The van der Waals surface area contributed by atoms with Crippen molar-refractivity contribution in [2.45, 2.75) is 32.1 Å². The number of aliphatic carboxylic acids is 1. The van der Waals surface area contributed by atoms with Crippen molar-refractivity contribution in [2.24, 2.45) is 5.92 Å². The Labute approximate surface area is 183 Å². The zero-order chi connectivity index (χ0) is 22.3. The summed E-state index contributed by atoms with van der Waals surface area (Å²) >= 11 is 0. The molecule has 3 heterocycles. The van der Waals surface area contributed by atoms with Crippen LogP contribution in [0, 0.1) is 5.92 Å². The van der Waals surface area contributed by atoms with Crippen LogP contribution in [0.15, 0.2) is 30.5 Å². The van der Waals surface area contributed by atoms with E-state index in [4.69, 9.17) is 0 Å². The topological polar surface area (TPSA) is 79.9 Å². The van der Waals surface area contributed by atoms with Gasteiger partial charge in [-0.15, -0.1) is 0 Å². The highest BCUT2D eigenvalue weighted by Gasteiger charge is 2.38. The zero-order valence-corrected chi connectivity index (χ0v) is 18.8. The van der Waals surface area contributed by atoms with E-state index in [1.165, 1.54) is 6.20 Å². The first-order valence-electron chi connectivity index (χ1n) is 10.9. The summed E-state index contributed by atoms with van der Waals surface area (Å²) in [6.07, 6.45) is 3.62. The third kappa shape index (κ3) is 4.06. The molecule has 2 N–H and O–H groups in total. The van der Waals surface area contributed by atoms with Gasteiger partial charge in [-0.2, -0.15) is 0 Å². The maximum absolute atomic E-state index is 13.5. The summed E-state index contributed by atoms with van der Waals surface area (Å²) in [7, 11) is 4.11. The van der Waals surface area contributed by atoms with Crippen molar-refractivity contribution in [3.05, 3.63) is 41.7 Å². The number of H-pyrrole nitrogens is 1. The number of nitrogens with one attached hydrogen (secondary N) is 1. The van der Waals surface area contributed by atoms with E-state index in [0.29, 0.717) is 31.2 Å². The molecule has 0 saturated carbocycles. The number of para-hydroxylation sites is 1. The summed E-state index contributed by atoms with van der Waals surface area (Å²) in [6.45, 7) is 6.95. The second-order valence-electron chi connectivity index (χ2n) is 9.78. The number of aromatic amines is 1. The molecule has 2 aliphatic heterocycles. The molecule has 1 saturated heterocycles. The normalized spacial score (nSPS) is 21.1. The van der Waals surface area contributed by atoms with Crippen LogP contribution in [0.25, 0.3) is 16.5 Å². The lowest BCUT2D eigenvalue weighted by Gasteiger charge is -2.38. The molecule has 0 unspecified atom stereocenters. The van der Waals surface area contributed by atoms with Crippen LogP contribution in [0.3, 0.4) is 0 Å². The Hall–Kier alpha value is -2.80. The van der Waals surface area contributed by atoms with Gasteiger partial charge in [0.25, 0.3) is 0 Å². The van der Waals surface area contributed by atoms with Crippen LogP contribution in [0.5, 0.6) is 0 Å². The monoisotopic (exact) mass is 424 g/mol. The third-order valence-electron chi connectivity index (χ3n) is 6.39. The van der Waals surface area contributed by atoms with Gasteiger partial charge in [0.2, 0.25) is 0 Å². The average Bonchev–Trinajstić information content (AvgIpc) is 3.04. The molecule has 31 heavy (non-hydrogen) atoms. The third-order valence-corrected chi connectivity index (χ3v) is 6.39. The first-order chi connectivity index (χ1) is 14.7. The number of carboxylic acids is 1. The molecule has 1 fully saturated rings. The lowest BCUT2D eigenvalue weighted by molar-refractivity contribution is -0.130. The SMILES string of the molecule is CN(C)C[C@@H]1CCCN(C(=O)N2C=C(C(=O)O)c3[nH]c4ccccc4c3C(C)(C)C2)C1. The van der Waals surface area contributed by atoms with Gasteiger partial charge < -0.3 is 19.9 Å². The van der Waals surface area contributed by atoms with E-state index in [2.05, 4.69) is 37.8 Å². The van der Waals surface area contributed by atoms with Crippen molar-refractivity contribution in [3.63, 3.8) is 0 Å². The summed E-state index contributed by atoms with van der Waals surface area (Å²) in [5.74, 6) is -0.597. The number of benzene rings is 1. The number of nitrogens with zero attached hydrogens (tertiary/aromatic N) is 3. The largest absolute Gasteiger partial charge is 0.478 e. The number of hydrogen-bond donors (Lipinski definition) is 2. The molecule has 2 aromatic rings. The minimum atomic E-state index is -1.03. The Kier molecular flexibility index (Phi) is 5.56. The van der Waals surface area contributed by atoms with Crippen molar-refractivity contribution < 1.29 is 14.7 Å². The molecule has 7 nitrogen and oxygen atoms in total. The fourth-order valence-corrected chi connectivity index (χ4v) is 5.19. The highest BCUT2D eigenvalue weighted by molar-refractivity contribution is 6.17. The predicted molar refractivity (Wildman–Crippen MR) is 122 cm³/mol. The fourth-order valence-electron chi connectivity index (χ4n) is 5.19. The van der Waals surface area contributed by atoms with E-state index in [9.17, 15) is 14.7 Å². The van der Waals surface area contributed by atoms with Crippen molar-refractivity contribution in [1.82, 2.24) is 19.7 Å². The average molecular weight is 425 g/mol. The highest BCUT2D eigenvalue weighted by atomic mass is 16.4. The zero-order valence-electron chi connectivity index (χ0n) is 18.8. The smallest absolute Gasteiger partial charge is 0.339 e. The van der Waals surface area contributed by atoms with Gasteiger partial charge >= 0.3 is 12.0 Å². The molecule has 7 heteroatoms. The summed E-state index contributed by atoms with van der Waals surface area (Å²) in [5, 5.41) is 11.0. The Morgan fingerprint density at radius 1 is 1.26 bits per heavy atom. The maximum atomic E-state index is 13.5. The van der Waals surface area contributed by atoms with Crippen LogP contribution < -0.4 is 0 Å². The van der Waals surface area contributed by atoms with Gasteiger partial charge in [0.15, 0.2) is 0 Å². The molecule has 166 valence electrons. The molecule has 0 spiro atoms. The number of amides is 2. The van der Waals surface area contributed by atoms with Gasteiger partial charge in [0, 0.05) is 48.7 Å². The lowest BCUT2D eigenvalue weighted by Crippen LogP contribution is -2.49. The van der Waals surface area contributed by atoms with E-state index in [-0.39, 0.29) is 11.6 Å². The van der Waals surface area contributed by atoms with Crippen LogP contribution in [0.1, 0.15) is 37.9 Å². The number of likely N-dealkylation sites (tertiary alicyclic amines) is 1. The fraction of sp³-hybridized carbons (Fsp3) is 0.500. The van der Waals surface area contributed by atoms with E-state index < -0.39 is 11.4 Å². The van der Waals surface area contributed by atoms with Crippen molar-refractivity contribution in [1.29, 1.82) is 0 Å². The first-order valence-corrected chi connectivity index (χ1v) is 10.9. The van der Waals surface area contributed by atoms with Crippen molar-refractivity contribution in [3.8, 4) is 0 Å². The summed E-state index contributed by atoms with van der Waals surface area (Å²) in [5.41, 5.74) is 2.17. The number of piperidine rings is 1. The Morgan fingerprint density at radius 2 is 2.00 bits per heavy atom. The van der Waals surface area contributed by atoms with Crippen LogP contribution in [0.4, 0.5) is 4.79 Å². The van der Waals surface area contributed by atoms with Gasteiger partial charge in [0.05, 0.1) is 11.3 Å². The Morgan fingerprint density at radius 3 is 2.71 bits per heavy atom. The molecule has 1 aromatic carbocycles. The van der Waals surface area contributed by atoms with Gasteiger partial charge in [0.1, 0.15) is 0 Å². The quantitative estimate of drug-likeness (QED) is 0.789. The molecule has 1 atom stereocenters. The van der Waals surface area contributed by atoms with Crippen LogP contribution >= 0.6 is 0 Å². The molecule has 0 radical (unpaired) electrons. The number of rotatable bonds is 3. The molecule has 0 aliphatic carbocycles. The number of carbonyl (C=O) groups excluding carboxylic acids is 1. The molecule has 1 aromatic heterocycles. The van der Waals surface area contributed by atoms with E-state index in [1.54, 1.807) is 4.90 Å². The lowest BCUT2D eigenvalue weighted by atomic mass is 9.82. The Balaban J connectivity index is 1.71. The number of aromatic nitrogens is 1. The Bertz CT molecular complexity index is 1040. The van der Waals surface area contributed by atoms with Crippen LogP contribution in [0.2, 0.25) is 0 Å². The molecule has 0 bridgehead atoms. The van der Waals surface area contributed by atoms with Gasteiger partial charge in [-0.1, -0.05) is 32.0 Å². The minimum absolute atomic E-state index is 0.107. The second-order valence-corrected chi connectivity index (χ2v) is 9.78. The molecule has 2 amide bonds. The van der Waals surface area contributed by atoms with Crippen molar-refractivity contribution >= 4 is 28.5 Å². The second kappa shape index (κ2) is 8.04. The first kappa shape index (κ1) is 21.4. The summed E-state index contributed by atoms with van der Waals surface area (Å²) in [6, 6.07) is 7.76. The van der Waals surface area contributed by atoms with Crippen molar-refractivity contribution in [2.75, 3.05) is 40.3 Å². The number of carbonyl (C=O) groups is 2. The number of hydrogen-bond acceptors (Lipinski definition) is 3. The van der Waals surface area contributed by atoms with E-state index >= 15 is 0 Å².